The van der Waals surface area contributed by atoms with E-state index >= 15 is 0 Å². The van der Waals surface area contributed by atoms with Gasteiger partial charge in [0.25, 0.3) is 5.91 Å². The Morgan fingerprint density at radius 1 is 0.929 bits per heavy atom. The standard InChI is InChI=1S/C25H26N2O/c1-19(21-7-3-2-4-8-21)26-25(28)23-13-11-20(12-14-23)17-27-16-15-22-9-5-6-10-24(22)18-27/h2-14,19H,15-18H2,1H3,(H,26,28)/t19-/m1/s1. The molecule has 0 saturated carbocycles. The van der Waals surface area contributed by atoms with E-state index in [9.17, 15) is 4.79 Å². The lowest BCUT2D eigenvalue weighted by Gasteiger charge is -2.28. The molecule has 0 bridgehead atoms. The molecule has 1 amide bonds. The third kappa shape index (κ3) is 4.32. The third-order valence-electron chi connectivity index (χ3n) is 5.48. The summed E-state index contributed by atoms with van der Waals surface area (Å²) in [5, 5.41) is 3.07. The number of rotatable bonds is 5. The van der Waals surface area contributed by atoms with Crippen LogP contribution in [0.5, 0.6) is 0 Å². The van der Waals surface area contributed by atoms with Crippen molar-refractivity contribution in [1.82, 2.24) is 10.2 Å². The Kier molecular flexibility index (Phi) is 5.54. The van der Waals surface area contributed by atoms with Gasteiger partial charge in [0.1, 0.15) is 0 Å². The van der Waals surface area contributed by atoms with Gasteiger partial charge in [-0.3, -0.25) is 9.69 Å². The fourth-order valence-electron chi connectivity index (χ4n) is 3.81. The van der Waals surface area contributed by atoms with Crippen molar-refractivity contribution in [3.05, 3.63) is 107 Å². The second-order valence-electron chi connectivity index (χ2n) is 7.53. The number of hydrogen-bond donors (Lipinski definition) is 1. The van der Waals surface area contributed by atoms with Gasteiger partial charge in [0.2, 0.25) is 0 Å². The minimum atomic E-state index is -0.0326. The molecular weight excluding hydrogens is 344 g/mol. The van der Waals surface area contributed by atoms with Crippen LogP contribution in [-0.2, 0) is 19.5 Å². The van der Waals surface area contributed by atoms with Crippen LogP contribution in [0.1, 0.15) is 45.6 Å². The van der Waals surface area contributed by atoms with Crippen molar-refractivity contribution in [2.24, 2.45) is 0 Å². The van der Waals surface area contributed by atoms with Gasteiger partial charge in [0, 0.05) is 25.2 Å². The first-order chi connectivity index (χ1) is 13.7. The molecule has 4 rings (SSSR count). The summed E-state index contributed by atoms with van der Waals surface area (Å²) in [5.41, 5.74) is 5.96. The zero-order valence-corrected chi connectivity index (χ0v) is 16.3. The lowest BCUT2D eigenvalue weighted by atomic mass is 9.99. The van der Waals surface area contributed by atoms with E-state index in [4.69, 9.17) is 0 Å². The van der Waals surface area contributed by atoms with Crippen molar-refractivity contribution in [2.75, 3.05) is 6.54 Å². The second-order valence-corrected chi connectivity index (χ2v) is 7.53. The van der Waals surface area contributed by atoms with Gasteiger partial charge in [-0.25, -0.2) is 0 Å². The lowest BCUT2D eigenvalue weighted by molar-refractivity contribution is 0.0940. The predicted octanol–water partition coefficient (Wildman–Crippen LogP) is 4.74. The zero-order valence-electron chi connectivity index (χ0n) is 16.3. The molecule has 3 aromatic rings. The van der Waals surface area contributed by atoms with Gasteiger partial charge in [-0.2, -0.15) is 0 Å². The molecule has 0 fully saturated rings. The maximum absolute atomic E-state index is 12.5. The van der Waals surface area contributed by atoms with Gasteiger partial charge in [-0.05, 0) is 47.7 Å². The van der Waals surface area contributed by atoms with E-state index in [1.165, 1.54) is 16.7 Å². The number of carbonyl (C=O) groups excluding carboxylic acids is 1. The molecule has 3 nitrogen and oxygen atoms in total. The summed E-state index contributed by atoms with van der Waals surface area (Å²) in [7, 11) is 0. The SMILES string of the molecule is C[C@@H](NC(=O)c1ccc(CN2CCc3ccccc3C2)cc1)c1ccccc1. The zero-order chi connectivity index (χ0) is 19.3. The molecule has 3 heteroatoms. The summed E-state index contributed by atoms with van der Waals surface area (Å²) in [6, 6.07) is 26.7. The van der Waals surface area contributed by atoms with Gasteiger partial charge >= 0.3 is 0 Å². The normalized spacial score (nSPS) is 14.9. The fraction of sp³-hybridized carbons (Fsp3) is 0.240. The topological polar surface area (TPSA) is 32.3 Å². The first-order valence-corrected chi connectivity index (χ1v) is 9.93. The molecule has 28 heavy (non-hydrogen) atoms. The molecule has 0 radical (unpaired) electrons. The first-order valence-electron chi connectivity index (χ1n) is 9.93. The summed E-state index contributed by atoms with van der Waals surface area (Å²) in [4.78, 5) is 15.0. The molecule has 3 aromatic carbocycles. The Labute approximate surface area is 167 Å². The molecule has 142 valence electrons. The minimum absolute atomic E-state index is 0.0122. The van der Waals surface area contributed by atoms with Gasteiger partial charge < -0.3 is 5.32 Å². The van der Waals surface area contributed by atoms with Crippen molar-refractivity contribution in [2.45, 2.75) is 32.5 Å². The Bertz CT molecular complexity index is 934. The van der Waals surface area contributed by atoms with Crippen LogP contribution in [0, 0.1) is 0 Å². The van der Waals surface area contributed by atoms with Crippen LogP contribution in [0.4, 0.5) is 0 Å². The quantitative estimate of drug-likeness (QED) is 0.704. The largest absolute Gasteiger partial charge is 0.346 e. The number of benzene rings is 3. The molecule has 1 atom stereocenters. The third-order valence-corrected chi connectivity index (χ3v) is 5.48. The Morgan fingerprint density at radius 3 is 2.36 bits per heavy atom. The highest BCUT2D eigenvalue weighted by Crippen LogP contribution is 2.20. The van der Waals surface area contributed by atoms with E-state index in [-0.39, 0.29) is 11.9 Å². The number of fused-ring (bicyclic) bond motifs is 1. The maximum Gasteiger partial charge on any atom is 0.251 e. The molecule has 1 N–H and O–H groups in total. The smallest absolute Gasteiger partial charge is 0.251 e. The highest BCUT2D eigenvalue weighted by Gasteiger charge is 2.16. The van der Waals surface area contributed by atoms with Crippen LogP contribution in [-0.4, -0.2) is 17.4 Å². The molecule has 1 heterocycles. The number of carbonyl (C=O) groups is 1. The lowest BCUT2D eigenvalue weighted by Crippen LogP contribution is -2.30. The van der Waals surface area contributed by atoms with E-state index in [0.717, 1.165) is 31.6 Å². The average molecular weight is 370 g/mol. The van der Waals surface area contributed by atoms with E-state index in [0.29, 0.717) is 5.56 Å². The minimum Gasteiger partial charge on any atom is -0.346 e. The maximum atomic E-state index is 12.5. The van der Waals surface area contributed by atoms with Crippen molar-refractivity contribution >= 4 is 5.91 Å². The molecule has 0 spiro atoms. The van der Waals surface area contributed by atoms with E-state index in [1.807, 2.05) is 49.4 Å². The number of hydrogen-bond acceptors (Lipinski definition) is 2. The number of amides is 1. The number of nitrogens with one attached hydrogen (secondary N) is 1. The summed E-state index contributed by atoms with van der Waals surface area (Å²) in [6.45, 7) is 4.99. The highest BCUT2D eigenvalue weighted by atomic mass is 16.1. The molecule has 1 aliphatic rings. The molecule has 0 unspecified atom stereocenters. The van der Waals surface area contributed by atoms with E-state index in [2.05, 4.69) is 46.6 Å². The summed E-state index contributed by atoms with van der Waals surface area (Å²) in [5.74, 6) is -0.0326. The summed E-state index contributed by atoms with van der Waals surface area (Å²) in [6.07, 6.45) is 1.11. The van der Waals surface area contributed by atoms with Gasteiger partial charge in [0.05, 0.1) is 6.04 Å². The van der Waals surface area contributed by atoms with Gasteiger partial charge in [0.15, 0.2) is 0 Å². The Balaban J connectivity index is 1.35. The predicted molar refractivity (Wildman–Crippen MR) is 113 cm³/mol. The Morgan fingerprint density at radius 2 is 1.61 bits per heavy atom. The van der Waals surface area contributed by atoms with E-state index in [1.54, 1.807) is 0 Å². The highest BCUT2D eigenvalue weighted by molar-refractivity contribution is 5.94. The molecule has 0 saturated heterocycles. The first kappa shape index (κ1) is 18.5. The van der Waals surface area contributed by atoms with Crippen molar-refractivity contribution in [3.8, 4) is 0 Å². The van der Waals surface area contributed by atoms with Crippen LogP contribution >= 0.6 is 0 Å². The van der Waals surface area contributed by atoms with Crippen molar-refractivity contribution < 1.29 is 4.79 Å². The van der Waals surface area contributed by atoms with Crippen molar-refractivity contribution in [3.63, 3.8) is 0 Å². The summed E-state index contributed by atoms with van der Waals surface area (Å²) >= 11 is 0. The fourth-order valence-corrected chi connectivity index (χ4v) is 3.81. The Hall–Kier alpha value is -2.91. The molecule has 1 aliphatic heterocycles. The average Bonchev–Trinajstić information content (AvgIpc) is 2.75. The molecular formula is C25H26N2O. The van der Waals surface area contributed by atoms with Crippen LogP contribution in [0.2, 0.25) is 0 Å². The van der Waals surface area contributed by atoms with Crippen LogP contribution in [0.15, 0.2) is 78.9 Å². The van der Waals surface area contributed by atoms with Crippen LogP contribution in [0.3, 0.4) is 0 Å². The van der Waals surface area contributed by atoms with Gasteiger partial charge in [-0.1, -0.05) is 66.7 Å². The van der Waals surface area contributed by atoms with Crippen LogP contribution < -0.4 is 5.32 Å². The van der Waals surface area contributed by atoms with Crippen LogP contribution in [0.25, 0.3) is 0 Å². The van der Waals surface area contributed by atoms with Crippen molar-refractivity contribution in [1.29, 1.82) is 0 Å². The molecule has 0 aromatic heterocycles. The van der Waals surface area contributed by atoms with E-state index < -0.39 is 0 Å². The number of nitrogens with zero attached hydrogens (tertiary/aromatic N) is 1. The second kappa shape index (κ2) is 8.41. The summed E-state index contributed by atoms with van der Waals surface area (Å²) < 4.78 is 0. The monoisotopic (exact) mass is 370 g/mol. The molecule has 0 aliphatic carbocycles. The van der Waals surface area contributed by atoms with Gasteiger partial charge in [-0.15, -0.1) is 0 Å².